The smallest absolute Gasteiger partial charge is 0.00876 e. The van der Waals surface area contributed by atoms with Gasteiger partial charge in [0.15, 0.2) is 0 Å². The van der Waals surface area contributed by atoms with Crippen LogP contribution in [0, 0.1) is 5.41 Å². The number of hydrogen-bond donors (Lipinski definition) is 1. The van der Waals surface area contributed by atoms with E-state index in [1.165, 1.54) is 25.0 Å². The van der Waals surface area contributed by atoms with Crippen LogP contribution in [0.15, 0.2) is 0 Å². The molecular weight excluding hydrogens is 166 g/mol. The lowest BCUT2D eigenvalue weighted by atomic mass is 9.84. The summed E-state index contributed by atoms with van der Waals surface area (Å²) in [6, 6.07) is 0.361. The van der Waals surface area contributed by atoms with Crippen molar-refractivity contribution in [2.24, 2.45) is 11.1 Å². The summed E-state index contributed by atoms with van der Waals surface area (Å²) in [5, 5.41) is 0. The molecule has 0 radical (unpaired) electrons. The second kappa shape index (κ2) is 5.87. The van der Waals surface area contributed by atoms with E-state index in [-0.39, 0.29) is 5.41 Å². The lowest BCUT2D eigenvalue weighted by molar-refractivity contribution is 0.301. The van der Waals surface area contributed by atoms with Gasteiger partial charge in [-0.05, 0) is 30.3 Å². The highest BCUT2D eigenvalue weighted by Gasteiger charge is 2.19. The molecule has 0 aromatic carbocycles. The van der Waals surface area contributed by atoms with Crippen molar-refractivity contribution >= 4 is 11.8 Å². The van der Waals surface area contributed by atoms with E-state index in [1.54, 1.807) is 0 Å². The molecule has 0 rings (SSSR count). The normalized spacial score (nSPS) is 14.8. The molecule has 1 atom stereocenters. The van der Waals surface area contributed by atoms with Gasteiger partial charge in [-0.15, -0.1) is 0 Å². The van der Waals surface area contributed by atoms with Crippen molar-refractivity contribution in [1.82, 2.24) is 0 Å². The van der Waals surface area contributed by atoms with Crippen LogP contribution in [-0.4, -0.2) is 18.1 Å². The molecule has 0 heterocycles. The van der Waals surface area contributed by atoms with E-state index in [0.29, 0.717) is 6.04 Å². The molecule has 0 aliphatic rings. The third-order valence-corrected chi connectivity index (χ3v) is 2.92. The summed E-state index contributed by atoms with van der Waals surface area (Å²) in [5.74, 6) is 1.27. The van der Waals surface area contributed by atoms with Gasteiger partial charge in [0.2, 0.25) is 0 Å². The Labute approximate surface area is 81.5 Å². The predicted molar refractivity (Wildman–Crippen MR) is 59.7 cm³/mol. The summed E-state index contributed by atoms with van der Waals surface area (Å²) >= 11 is 1.92. The molecule has 1 unspecified atom stereocenters. The monoisotopic (exact) mass is 189 g/mol. The van der Waals surface area contributed by atoms with Crippen molar-refractivity contribution in [1.29, 1.82) is 0 Å². The van der Waals surface area contributed by atoms with Crippen molar-refractivity contribution in [3.63, 3.8) is 0 Å². The van der Waals surface area contributed by atoms with E-state index in [4.69, 9.17) is 5.73 Å². The first-order valence-electron chi connectivity index (χ1n) is 4.73. The quantitative estimate of drug-likeness (QED) is 0.673. The van der Waals surface area contributed by atoms with Gasteiger partial charge >= 0.3 is 0 Å². The highest BCUT2D eigenvalue weighted by molar-refractivity contribution is 7.98. The Balaban J connectivity index is 3.38. The molecule has 0 amide bonds. The van der Waals surface area contributed by atoms with Crippen molar-refractivity contribution in [2.45, 2.75) is 46.1 Å². The van der Waals surface area contributed by atoms with E-state index >= 15 is 0 Å². The fraction of sp³-hybridized carbons (Fsp3) is 1.00. The van der Waals surface area contributed by atoms with Crippen LogP contribution in [0.2, 0.25) is 0 Å². The fourth-order valence-corrected chi connectivity index (χ4v) is 1.54. The molecule has 0 aliphatic heterocycles. The maximum Gasteiger partial charge on any atom is 0.00876 e. The van der Waals surface area contributed by atoms with Crippen molar-refractivity contribution in [2.75, 3.05) is 12.0 Å². The third kappa shape index (κ3) is 5.90. The fourth-order valence-electron chi connectivity index (χ4n) is 1.04. The molecule has 2 N–H and O–H groups in total. The first-order valence-corrected chi connectivity index (χ1v) is 6.12. The van der Waals surface area contributed by atoms with Gasteiger partial charge in [-0.1, -0.05) is 27.2 Å². The number of unbranched alkanes of at least 4 members (excludes halogenated alkanes) is 1. The Kier molecular flexibility index (Phi) is 6.02. The summed E-state index contributed by atoms with van der Waals surface area (Å²) in [7, 11) is 0. The van der Waals surface area contributed by atoms with Crippen molar-refractivity contribution in [3.8, 4) is 0 Å². The zero-order valence-electron chi connectivity index (χ0n) is 8.89. The minimum Gasteiger partial charge on any atom is -0.327 e. The van der Waals surface area contributed by atoms with E-state index in [0.717, 1.165) is 0 Å². The summed E-state index contributed by atoms with van der Waals surface area (Å²) in [5.41, 5.74) is 6.30. The highest BCUT2D eigenvalue weighted by atomic mass is 32.2. The molecule has 2 heteroatoms. The van der Waals surface area contributed by atoms with Crippen LogP contribution in [0.4, 0.5) is 0 Å². The molecule has 0 saturated carbocycles. The maximum absolute atomic E-state index is 6.03. The largest absolute Gasteiger partial charge is 0.327 e. The van der Waals surface area contributed by atoms with E-state index < -0.39 is 0 Å². The van der Waals surface area contributed by atoms with Gasteiger partial charge in [-0.25, -0.2) is 0 Å². The minimum absolute atomic E-state index is 0.277. The van der Waals surface area contributed by atoms with Crippen LogP contribution in [0.3, 0.4) is 0 Å². The molecule has 0 aromatic rings. The highest BCUT2D eigenvalue weighted by Crippen LogP contribution is 2.21. The Morgan fingerprint density at radius 1 is 1.25 bits per heavy atom. The average molecular weight is 189 g/mol. The second-order valence-corrected chi connectivity index (χ2v) is 5.45. The van der Waals surface area contributed by atoms with Gasteiger partial charge in [0, 0.05) is 6.04 Å². The van der Waals surface area contributed by atoms with Crippen LogP contribution in [-0.2, 0) is 0 Å². The molecule has 0 aliphatic carbocycles. The SMILES string of the molecule is CSCCCCC(N)C(C)(C)C. The van der Waals surface area contributed by atoms with E-state index in [9.17, 15) is 0 Å². The molecular formula is C10H23NS. The zero-order valence-corrected chi connectivity index (χ0v) is 9.71. The number of hydrogen-bond acceptors (Lipinski definition) is 2. The molecule has 0 bridgehead atoms. The Hall–Kier alpha value is 0.310. The summed E-state index contributed by atoms with van der Waals surface area (Å²) in [6.07, 6.45) is 5.91. The van der Waals surface area contributed by atoms with Crippen molar-refractivity contribution in [3.05, 3.63) is 0 Å². The van der Waals surface area contributed by atoms with Gasteiger partial charge in [-0.3, -0.25) is 0 Å². The molecule has 1 nitrogen and oxygen atoms in total. The Morgan fingerprint density at radius 2 is 1.83 bits per heavy atom. The number of rotatable bonds is 5. The molecule has 12 heavy (non-hydrogen) atoms. The van der Waals surface area contributed by atoms with Gasteiger partial charge < -0.3 is 5.73 Å². The van der Waals surface area contributed by atoms with Crippen molar-refractivity contribution < 1.29 is 0 Å². The number of thioether (sulfide) groups is 1. The van der Waals surface area contributed by atoms with Crippen LogP contribution in [0.1, 0.15) is 40.0 Å². The first-order chi connectivity index (χ1) is 5.48. The molecule has 0 saturated heterocycles. The standard InChI is InChI=1S/C10H23NS/c1-10(2,3)9(11)7-5-6-8-12-4/h9H,5-8,11H2,1-4H3. The Morgan fingerprint density at radius 3 is 2.25 bits per heavy atom. The average Bonchev–Trinajstić information content (AvgIpc) is 1.96. The van der Waals surface area contributed by atoms with Gasteiger partial charge in [-0.2, -0.15) is 11.8 Å². The molecule has 0 fully saturated rings. The van der Waals surface area contributed by atoms with Crippen LogP contribution >= 0.6 is 11.8 Å². The van der Waals surface area contributed by atoms with Crippen LogP contribution in [0.25, 0.3) is 0 Å². The maximum atomic E-state index is 6.03. The van der Waals surface area contributed by atoms with Crippen LogP contribution in [0.5, 0.6) is 0 Å². The second-order valence-electron chi connectivity index (χ2n) is 4.46. The van der Waals surface area contributed by atoms with Gasteiger partial charge in [0.25, 0.3) is 0 Å². The lowest BCUT2D eigenvalue weighted by Crippen LogP contribution is -2.34. The summed E-state index contributed by atoms with van der Waals surface area (Å²) < 4.78 is 0. The lowest BCUT2D eigenvalue weighted by Gasteiger charge is -2.26. The third-order valence-electron chi connectivity index (χ3n) is 2.23. The summed E-state index contributed by atoms with van der Waals surface area (Å²) in [6.45, 7) is 6.64. The molecule has 74 valence electrons. The summed E-state index contributed by atoms with van der Waals surface area (Å²) in [4.78, 5) is 0. The molecule has 0 aromatic heterocycles. The van der Waals surface area contributed by atoms with E-state index in [1.807, 2.05) is 11.8 Å². The van der Waals surface area contributed by atoms with Crippen LogP contribution < -0.4 is 5.73 Å². The zero-order chi connectivity index (χ0) is 9.61. The molecule has 0 spiro atoms. The first kappa shape index (κ1) is 12.3. The topological polar surface area (TPSA) is 26.0 Å². The van der Waals surface area contributed by atoms with Gasteiger partial charge in [0.05, 0.1) is 0 Å². The van der Waals surface area contributed by atoms with Gasteiger partial charge in [0.1, 0.15) is 0 Å². The minimum atomic E-state index is 0.277. The van der Waals surface area contributed by atoms with E-state index in [2.05, 4.69) is 27.0 Å². The number of nitrogens with two attached hydrogens (primary N) is 1. The predicted octanol–water partition coefficient (Wildman–Crippen LogP) is 2.89. The Bertz CT molecular complexity index is 107.